The lowest BCUT2D eigenvalue weighted by atomic mass is 9.83. The fraction of sp³-hybridized carbons (Fsp3) is 0.138. The Kier molecular flexibility index (Phi) is 5.30. The minimum atomic E-state index is -0.207. The van der Waals surface area contributed by atoms with E-state index in [-0.39, 0.29) is 11.2 Å². The van der Waals surface area contributed by atoms with E-state index in [2.05, 4.69) is 60.2 Å². The minimum Gasteiger partial charge on any atom is -0.507 e. The fourth-order valence-electron chi connectivity index (χ4n) is 4.76. The maximum atomic E-state index is 10.6. The molecule has 3 heterocycles. The molecule has 0 bridgehead atoms. The van der Waals surface area contributed by atoms with E-state index in [4.69, 9.17) is 9.40 Å². The van der Waals surface area contributed by atoms with Crippen LogP contribution < -0.4 is 4.90 Å². The van der Waals surface area contributed by atoms with Crippen LogP contribution in [-0.4, -0.2) is 27.1 Å². The van der Waals surface area contributed by atoms with Crippen molar-refractivity contribution >= 4 is 23.5 Å². The third kappa shape index (κ3) is 3.72. The zero-order valence-corrected chi connectivity index (χ0v) is 21.0. The number of rotatable bonds is 5. The first kappa shape index (κ1) is 22.4. The molecule has 36 heavy (non-hydrogen) atoms. The summed E-state index contributed by atoms with van der Waals surface area (Å²) in [6, 6.07) is 22.7. The molecule has 6 rings (SSSR count). The van der Waals surface area contributed by atoms with Gasteiger partial charge in [-0.05, 0) is 47.5 Å². The molecule has 1 N–H and O–H groups in total. The van der Waals surface area contributed by atoms with Crippen LogP contribution in [0.2, 0.25) is 0 Å². The number of nitrogens with zero attached hydrogens (tertiary/aromatic N) is 4. The van der Waals surface area contributed by atoms with Crippen molar-refractivity contribution < 1.29 is 9.52 Å². The molecular formula is C29H24N4O2S. The highest BCUT2D eigenvalue weighted by Gasteiger charge is 2.38. The molecule has 1 aliphatic carbocycles. The summed E-state index contributed by atoms with van der Waals surface area (Å²) in [5.74, 6) is 0.272. The Morgan fingerprint density at radius 1 is 0.917 bits per heavy atom. The van der Waals surface area contributed by atoms with E-state index in [9.17, 15) is 5.11 Å². The summed E-state index contributed by atoms with van der Waals surface area (Å²) < 4.78 is 5.41. The Hall–Kier alpha value is -4.10. The molecule has 5 aromatic rings. The molecule has 0 fully saturated rings. The first-order valence-electron chi connectivity index (χ1n) is 11.6. The maximum Gasteiger partial charge on any atom is 0.301 e. The molecule has 0 aliphatic heterocycles. The van der Waals surface area contributed by atoms with Gasteiger partial charge in [-0.3, -0.25) is 4.90 Å². The largest absolute Gasteiger partial charge is 0.507 e. The molecule has 0 radical (unpaired) electrons. The number of anilines is 2. The van der Waals surface area contributed by atoms with Crippen molar-refractivity contribution in [2.24, 2.45) is 0 Å². The smallest absolute Gasteiger partial charge is 0.301 e. The van der Waals surface area contributed by atoms with Crippen LogP contribution in [0, 0.1) is 0 Å². The fourth-order valence-corrected chi connectivity index (χ4v) is 5.63. The van der Waals surface area contributed by atoms with Crippen LogP contribution in [0.15, 0.2) is 99.7 Å². The molecule has 0 unspecified atom stereocenters. The molecule has 2 aromatic carbocycles. The molecule has 178 valence electrons. The number of hydrogen-bond donors (Lipinski definition) is 1. The van der Waals surface area contributed by atoms with Crippen LogP contribution >= 0.6 is 11.8 Å². The molecule has 1 aliphatic rings. The highest BCUT2D eigenvalue weighted by atomic mass is 32.2. The summed E-state index contributed by atoms with van der Waals surface area (Å²) in [5, 5.41) is 11.5. The van der Waals surface area contributed by atoms with E-state index < -0.39 is 0 Å². The van der Waals surface area contributed by atoms with Gasteiger partial charge in [0.2, 0.25) is 0 Å². The normalized spacial score (nSPS) is 13.3. The first-order valence-corrected chi connectivity index (χ1v) is 12.5. The molecule has 0 spiro atoms. The van der Waals surface area contributed by atoms with Crippen molar-refractivity contribution in [3.63, 3.8) is 0 Å². The van der Waals surface area contributed by atoms with Gasteiger partial charge in [0.05, 0.1) is 17.6 Å². The summed E-state index contributed by atoms with van der Waals surface area (Å²) in [7, 11) is 1.91. The van der Waals surface area contributed by atoms with Crippen molar-refractivity contribution in [1.82, 2.24) is 15.0 Å². The second-order valence-corrected chi connectivity index (χ2v) is 10.4. The van der Waals surface area contributed by atoms with Gasteiger partial charge < -0.3 is 9.52 Å². The lowest BCUT2D eigenvalue weighted by Gasteiger charge is -2.21. The Morgan fingerprint density at radius 2 is 1.78 bits per heavy atom. The third-order valence-corrected chi connectivity index (χ3v) is 7.61. The van der Waals surface area contributed by atoms with E-state index in [1.54, 1.807) is 36.5 Å². The van der Waals surface area contributed by atoms with Crippen molar-refractivity contribution in [3.05, 3.63) is 96.5 Å². The van der Waals surface area contributed by atoms with E-state index in [0.717, 1.165) is 49.3 Å². The Morgan fingerprint density at radius 3 is 2.61 bits per heavy atom. The summed E-state index contributed by atoms with van der Waals surface area (Å²) in [5.41, 5.74) is 6.53. The van der Waals surface area contributed by atoms with Gasteiger partial charge in [-0.2, -0.15) is 0 Å². The number of phenolic OH excluding ortho intramolecular Hbond substituents is 1. The number of phenols is 1. The first-order chi connectivity index (χ1) is 17.4. The number of oxazole rings is 1. The SMILES string of the molecule is CN(c1ccnc(Sc2cccc(-c3ccc4c(n3)-c3c(O)cccc3C4(C)C)c2)c1)c1ncco1. The second-order valence-electron chi connectivity index (χ2n) is 9.27. The van der Waals surface area contributed by atoms with Crippen LogP contribution in [0.3, 0.4) is 0 Å². The average molecular weight is 493 g/mol. The zero-order chi connectivity index (χ0) is 24.9. The van der Waals surface area contributed by atoms with Gasteiger partial charge in [0.25, 0.3) is 0 Å². The van der Waals surface area contributed by atoms with Gasteiger partial charge in [0, 0.05) is 40.4 Å². The van der Waals surface area contributed by atoms with E-state index in [1.165, 1.54) is 0 Å². The molecule has 7 heteroatoms. The third-order valence-electron chi connectivity index (χ3n) is 6.69. The van der Waals surface area contributed by atoms with Gasteiger partial charge in [-0.15, -0.1) is 0 Å². The number of fused-ring (bicyclic) bond motifs is 3. The average Bonchev–Trinajstić information content (AvgIpc) is 3.50. The highest BCUT2D eigenvalue weighted by molar-refractivity contribution is 7.99. The summed E-state index contributed by atoms with van der Waals surface area (Å²) >= 11 is 1.58. The van der Waals surface area contributed by atoms with Gasteiger partial charge in [-0.1, -0.05) is 55.9 Å². The lowest BCUT2D eigenvalue weighted by Crippen LogP contribution is -2.14. The van der Waals surface area contributed by atoms with E-state index in [1.807, 2.05) is 36.2 Å². The summed E-state index contributed by atoms with van der Waals surface area (Å²) in [6.07, 6.45) is 4.97. The van der Waals surface area contributed by atoms with Crippen LogP contribution in [0.4, 0.5) is 11.7 Å². The molecule has 3 aromatic heterocycles. The monoisotopic (exact) mass is 492 g/mol. The standard InChI is InChI=1S/C29H24N4O2S/c1-29(2)21-8-5-9-24(34)26(21)27-22(29)10-11-23(32-27)18-6-4-7-20(16-18)36-25-17-19(12-13-30-25)33(3)28-31-14-15-35-28/h4-17,34H,1-3H3. The topological polar surface area (TPSA) is 75.3 Å². The number of hydrogen-bond acceptors (Lipinski definition) is 7. The molecule has 0 amide bonds. The predicted octanol–water partition coefficient (Wildman–Crippen LogP) is 7.06. The number of benzene rings is 2. The Bertz CT molecular complexity index is 1580. The summed E-state index contributed by atoms with van der Waals surface area (Å²) in [4.78, 5) is 16.7. The molecule has 6 nitrogen and oxygen atoms in total. The molecule has 0 atom stereocenters. The lowest BCUT2D eigenvalue weighted by molar-refractivity contribution is 0.476. The van der Waals surface area contributed by atoms with Crippen LogP contribution in [0.1, 0.15) is 25.0 Å². The quantitative estimate of drug-likeness (QED) is 0.281. The van der Waals surface area contributed by atoms with Crippen LogP contribution in [0.5, 0.6) is 5.75 Å². The van der Waals surface area contributed by atoms with Crippen LogP contribution in [0.25, 0.3) is 22.5 Å². The van der Waals surface area contributed by atoms with Crippen molar-refractivity contribution in [1.29, 1.82) is 0 Å². The van der Waals surface area contributed by atoms with Gasteiger partial charge in [0.1, 0.15) is 17.0 Å². The highest BCUT2D eigenvalue weighted by Crippen LogP contribution is 2.51. The number of aromatic nitrogens is 3. The maximum absolute atomic E-state index is 10.6. The van der Waals surface area contributed by atoms with Crippen LogP contribution in [-0.2, 0) is 5.41 Å². The Balaban J connectivity index is 1.32. The number of pyridine rings is 2. The van der Waals surface area contributed by atoms with E-state index >= 15 is 0 Å². The predicted molar refractivity (Wildman–Crippen MR) is 142 cm³/mol. The zero-order valence-electron chi connectivity index (χ0n) is 20.1. The molecule has 0 saturated carbocycles. The van der Waals surface area contributed by atoms with Crippen molar-refractivity contribution in [2.45, 2.75) is 29.2 Å². The van der Waals surface area contributed by atoms with Gasteiger partial charge >= 0.3 is 6.01 Å². The second kappa shape index (κ2) is 8.53. The molecular weight excluding hydrogens is 468 g/mol. The Labute approximate surface area is 213 Å². The minimum absolute atomic E-state index is 0.207. The van der Waals surface area contributed by atoms with Crippen molar-refractivity contribution in [3.8, 4) is 28.3 Å². The van der Waals surface area contributed by atoms with Crippen molar-refractivity contribution in [2.75, 3.05) is 11.9 Å². The number of aromatic hydroxyl groups is 1. The van der Waals surface area contributed by atoms with E-state index in [0.29, 0.717) is 6.01 Å². The molecule has 0 saturated heterocycles. The van der Waals surface area contributed by atoms with Gasteiger partial charge in [-0.25, -0.2) is 15.0 Å². The van der Waals surface area contributed by atoms with Gasteiger partial charge in [0.15, 0.2) is 0 Å². The summed E-state index contributed by atoms with van der Waals surface area (Å²) in [6.45, 7) is 4.35.